The molecular formula is C23H21Cl3N2O3S. The predicted molar refractivity (Wildman–Crippen MR) is 132 cm³/mol. The van der Waals surface area contributed by atoms with Gasteiger partial charge in [-0.2, -0.15) is 0 Å². The molecule has 1 aromatic heterocycles. The quantitative estimate of drug-likeness (QED) is 0.218. The highest BCUT2D eigenvalue weighted by atomic mass is 35.6. The average molecular weight is 512 g/mol. The zero-order valence-corrected chi connectivity index (χ0v) is 20.4. The smallest absolute Gasteiger partial charge is 0.341 e. The van der Waals surface area contributed by atoms with Crippen molar-refractivity contribution in [3.8, 4) is 11.1 Å². The summed E-state index contributed by atoms with van der Waals surface area (Å²) >= 11 is 19.7. The van der Waals surface area contributed by atoms with Crippen LogP contribution in [0.5, 0.6) is 0 Å². The van der Waals surface area contributed by atoms with Gasteiger partial charge in [0.05, 0.1) is 6.61 Å². The Morgan fingerprint density at radius 1 is 1.06 bits per heavy atom. The Morgan fingerprint density at radius 3 is 2.31 bits per heavy atom. The highest BCUT2D eigenvalue weighted by molar-refractivity contribution is 7.15. The van der Waals surface area contributed by atoms with E-state index in [-0.39, 0.29) is 6.61 Å². The van der Waals surface area contributed by atoms with Crippen molar-refractivity contribution in [2.75, 3.05) is 11.9 Å². The summed E-state index contributed by atoms with van der Waals surface area (Å²) in [4.78, 5) is 25.5. The molecule has 2 aromatic carbocycles. The summed E-state index contributed by atoms with van der Waals surface area (Å²) in [5, 5.41) is 7.96. The van der Waals surface area contributed by atoms with E-state index in [4.69, 9.17) is 39.5 Å². The summed E-state index contributed by atoms with van der Waals surface area (Å²) in [6.45, 7) is 3.86. The molecule has 0 radical (unpaired) electrons. The number of ether oxygens (including phenoxy) is 1. The van der Waals surface area contributed by atoms with Gasteiger partial charge in [0.25, 0.3) is 5.91 Å². The lowest BCUT2D eigenvalue weighted by atomic mass is 10.0. The minimum atomic E-state index is -1.90. The average Bonchev–Trinajstić information content (AvgIpc) is 3.17. The van der Waals surface area contributed by atoms with E-state index in [9.17, 15) is 9.59 Å². The molecule has 0 bridgehead atoms. The van der Waals surface area contributed by atoms with Crippen LogP contribution in [0.15, 0.2) is 60.0 Å². The molecular weight excluding hydrogens is 491 g/mol. The van der Waals surface area contributed by atoms with Crippen LogP contribution in [0.2, 0.25) is 0 Å². The Balaban J connectivity index is 1.94. The van der Waals surface area contributed by atoms with Crippen LogP contribution in [-0.2, 0) is 4.74 Å². The van der Waals surface area contributed by atoms with Crippen LogP contribution in [0.4, 0.5) is 5.00 Å². The second kappa shape index (κ2) is 10.6. The summed E-state index contributed by atoms with van der Waals surface area (Å²) in [5.41, 5.74) is 3.27. The molecule has 168 valence electrons. The number of hydrogen-bond donors (Lipinski definition) is 2. The van der Waals surface area contributed by atoms with Crippen LogP contribution in [0.1, 0.15) is 33.2 Å². The number of amides is 1. The molecule has 2 N–H and O–H groups in total. The minimum Gasteiger partial charge on any atom is -0.462 e. The number of aryl methyl sites for hydroxylation is 1. The van der Waals surface area contributed by atoms with Gasteiger partial charge in [-0.3, -0.25) is 4.79 Å². The van der Waals surface area contributed by atoms with Crippen molar-refractivity contribution >= 4 is 63.0 Å². The first-order valence-electron chi connectivity index (χ1n) is 9.75. The molecule has 0 spiro atoms. The third-order valence-electron chi connectivity index (χ3n) is 4.55. The zero-order chi connectivity index (χ0) is 23.3. The lowest BCUT2D eigenvalue weighted by Crippen LogP contribution is -2.49. The Bertz CT molecular complexity index is 1080. The van der Waals surface area contributed by atoms with Crippen molar-refractivity contribution < 1.29 is 14.3 Å². The maximum absolute atomic E-state index is 12.8. The largest absolute Gasteiger partial charge is 0.462 e. The van der Waals surface area contributed by atoms with Crippen molar-refractivity contribution in [3.05, 3.63) is 76.7 Å². The number of hydrogen-bond acceptors (Lipinski definition) is 5. The van der Waals surface area contributed by atoms with Crippen LogP contribution in [0, 0.1) is 6.92 Å². The number of anilines is 1. The van der Waals surface area contributed by atoms with Gasteiger partial charge in [0.2, 0.25) is 3.79 Å². The van der Waals surface area contributed by atoms with Crippen LogP contribution in [-0.4, -0.2) is 28.4 Å². The van der Waals surface area contributed by atoms with E-state index in [1.165, 1.54) is 11.3 Å². The number of alkyl halides is 3. The van der Waals surface area contributed by atoms with Gasteiger partial charge in [0.1, 0.15) is 16.7 Å². The minimum absolute atomic E-state index is 0.209. The fraction of sp³-hybridized carbons (Fsp3) is 0.217. The molecule has 0 unspecified atom stereocenters. The lowest BCUT2D eigenvalue weighted by molar-refractivity contribution is 0.0529. The molecule has 0 aliphatic heterocycles. The molecule has 9 heteroatoms. The summed E-state index contributed by atoms with van der Waals surface area (Å²) in [7, 11) is 0. The number of carbonyl (C=O) groups excluding carboxylic acids is 2. The second-order valence-electron chi connectivity index (χ2n) is 6.90. The van der Waals surface area contributed by atoms with E-state index in [1.54, 1.807) is 19.1 Å². The van der Waals surface area contributed by atoms with E-state index >= 15 is 0 Å². The Labute approximate surface area is 205 Å². The van der Waals surface area contributed by atoms with Gasteiger partial charge in [-0.25, -0.2) is 4.79 Å². The van der Waals surface area contributed by atoms with Crippen molar-refractivity contribution in [3.63, 3.8) is 0 Å². The van der Waals surface area contributed by atoms with E-state index in [2.05, 4.69) is 10.6 Å². The van der Waals surface area contributed by atoms with Crippen molar-refractivity contribution in [2.45, 2.75) is 23.8 Å². The molecule has 0 fully saturated rings. The van der Waals surface area contributed by atoms with Gasteiger partial charge < -0.3 is 15.4 Å². The van der Waals surface area contributed by atoms with Crippen molar-refractivity contribution in [1.29, 1.82) is 0 Å². The summed E-state index contributed by atoms with van der Waals surface area (Å²) in [5.74, 6) is -0.936. The Morgan fingerprint density at radius 2 is 1.72 bits per heavy atom. The standard InChI is InChI=1S/C23H21Cl3N2O3S/c1-3-31-21(30)18-17(15-7-5-4-6-8-15)13-32-20(18)28-22(23(24,25)26)27-19(29)16-11-9-14(2)10-12-16/h4-13,22,28H,3H2,1-2H3,(H,27,29)/t22-/m1/s1. The molecule has 3 aromatic rings. The molecule has 5 nitrogen and oxygen atoms in total. The Hall–Kier alpha value is -2.25. The number of halogens is 3. The topological polar surface area (TPSA) is 67.4 Å². The summed E-state index contributed by atoms with van der Waals surface area (Å²) in [6, 6.07) is 16.4. The monoisotopic (exact) mass is 510 g/mol. The van der Waals surface area contributed by atoms with Crippen LogP contribution >= 0.6 is 46.1 Å². The van der Waals surface area contributed by atoms with E-state index < -0.39 is 21.8 Å². The SMILES string of the molecule is CCOC(=O)c1c(-c2ccccc2)csc1N[C@@H](NC(=O)c1ccc(C)cc1)C(Cl)(Cl)Cl. The molecule has 0 saturated carbocycles. The first kappa shape index (κ1) is 24.4. The van der Waals surface area contributed by atoms with Gasteiger partial charge in [0, 0.05) is 16.5 Å². The highest BCUT2D eigenvalue weighted by Crippen LogP contribution is 2.39. The first-order valence-corrected chi connectivity index (χ1v) is 11.8. The lowest BCUT2D eigenvalue weighted by Gasteiger charge is -2.27. The van der Waals surface area contributed by atoms with Gasteiger partial charge in [-0.1, -0.05) is 82.8 Å². The second-order valence-corrected chi connectivity index (χ2v) is 10.1. The summed E-state index contributed by atoms with van der Waals surface area (Å²) in [6.07, 6.45) is -1.11. The number of rotatable bonds is 7. The molecule has 3 rings (SSSR count). The molecule has 1 heterocycles. The summed E-state index contributed by atoms with van der Waals surface area (Å²) < 4.78 is 3.36. The Kier molecular flexibility index (Phi) is 8.06. The fourth-order valence-electron chi connectivity index (χ4n) is 2.95. The number of benzene rings is 2. The van der Waals surface area contributed by atoms with E-state index in [0.29, 0.717) is 21.7 Å². The van der Waals surface area contributed by atoms with Gasteiger partial charge in [0.15, 0.2) is 0 Å². The molecule has 0 aliphatic rings. The van der Waals surface area contributed by atoms with Crippen molar-refractivity contribution in [1.82, 2.24) is 5.32 Å². The maximum atomic E-state index is 12.8. The normalized spacial score (nSPS) is 12.2. The predicted octanol–water partition coefficient (Wildman–Crippen LogP) is 6.44. The van der Waals surface area contributed by atoms with Crippen LogP contribution in [0.3, 0.4) is 0 Å². The molecule has 1 atom stereocenters. The third-order valence-corrected chi connectivity index (χ3v) is 6.11. The third kappa shape index (κ3) is 5.95. The fourth-order valence-corrected chi connectivity index (χ4v) is 4.26. The molecule has 1 amide bonds. The van der Waals surface area contributed by atoms with Crippen LogP contribution in [0.25, 0.3) is 11.1 Å². The zero-order valence-electron chi connectivity index (χ0n) is 17.3. The number of carbonyl (C=O) groups is 2. The first-order chi connectivity index (χ1) is 15.2. The highest BCUT2D eigenvalue weighted by Gasteiger charge is 2.36. The number of nitrogens with one attached hydrogen (secondary N) is 2. The van der Waals surface area contributed by atoms with Crippen LogP contribution < -0.4 is 10.6 Å². The van der Waals surface area contributed by atoms with Gasteiger partial charge in [-0.15, -0.1) is 11.3 Å². The van der Waals surface area contributed by atoms with Gasteiger partial charge in [-0.05, 0) is 31.5 Å². The van der Waals surface area contributed by atoms with Gasteiger partial charge >= 0.3 is 5.97 Å². The molecule has 32 heavy (non-hydrogen) atoms. The van der Waals surface area contributed by atoms with E-state index in [1.807, 2.05) is 54.8 Å². The number of esters is 1. The van der Waals surface area contributed by atoms with Crippen molar-refractivity contribution in [2.24, 2.45) is 0 Å². The maximum Gasteiger partial charge on any atom is 0.341 e. The number of thiophene rings is 1. The van der Waals surface area contributed by atoms with E-state index in [0.717, 1.165) is 11.1 Å². The molecule has 0 saturated heterocycles. The molecule has 0 aliphatic carbocycles.